The van der Waals surface area contributed by atoms with Crippen LogP contribution in [0, 0.1) is 6.92 Å². The molecule has 2 nitrogen and oxygen atoms in total. The van der Waals surface area contributed by atoms with E-state index in [1.165, 1.54) is 0 Å². The van der Waals surface area contributed by atoms with Gasteiger partial charge in [-0.1, -0.05) is 88.4 Å². The standard InChI is InChI=1S/C16H13Cl4NO/c1-10-6-8-11(9-7-10)14(16(18,19)20)21-15(22)12-4-2-3-5-13(12)17/h2-9,14H,1H3,(H,21,22). The van der Waals surface area contributed by atoms with Crippen molar-refractivity contribution in [3.63, 3.8) is 0 Å². The van der Waals surface area contributed by atoms with Crippen molar-refractivity contribution in [1.82, 2.24) is 5.32 Å². The van der Waals surface area contributed by atoms with Crippen molar-refractivity contribution in [3.8, 4) is 0 Å². The number of alkyl halides is 3. The maximum atomic E-state index is 12.4. The van der Waals surface area contributed by atoms with E-state index in [0.717, 1.165) is 5.56 Å². The summed E-state index contributed by atoms with van der Waals surface area (Å²) in [6, 6.07) is 13.3. The largest absolute Gasteiger partial charge is 0.341 e. The van der Waals surface area contributed by atoms with Crippen LogP contribution in [0.3, 0.4) is 0 Å². The van der Waals surface area contributed by atoms with Gasteiger partial charge in [0.15, 0.2) is 0 Å². The third-order valence-electron chi connectivity index (χ3n) is 3.13. The molecule has 2 rings (SSSR count). The highest BCUT2D eigenvalue weighted by atomic mass is 35.6. The van der Waals surface area contributed by atoms with Crippen molar-refractivity contribution in [2.75, 3.05) is 0 Å². The van der Waals surface area contributed by atoms with E-state index in [-0.39, 0.29) is 0 Å². The molecule has 0 heterocycles. The zero-order valence-corrected chi connectivity index (χ0v) is 14.6. The second kappa shape index (κ2) is 7.10. The molecule has 0 bridgehead atoms. The number of aryl methyl sites for hydroxylation is 1. The third kappa shape index (κ3) is 4.30. The quantitative estimate of drug-likeness (QED) is 0.705. The summed E-state index contributed by atoms with van der Waals surface area (Å²) in [6.45, 7) is 1.95. The summed E-state index contributed by atoms with van der Waals surface area (Å²) in [7, 11) is 0. The van der Waals surface area contributed by atoms with Crippen LogP contribution in [-0.2, 0) is 0 Å². The van der Waals surface area contributed by atoms with Gasteiger partial charge in [-0.05, 0) is 24.6 Å². The minimum atomic E-state index is -1.69. The molecule has 0 saturated heterocycles. The molecule has 1 N–H and O–H groups in total. The molecule has 0 spiro atoms. The summed E-state index contributed by atoms with van der Waals surface area (Å²) >= 11 is 24.1. The highest BCUT2D eigenvalue weighted by Crippen LogP contribution is 2.40. The SMILES string of the molecule is Cc1ccc(C(NC(=O)c2ccccc2Cl)C(Cl)(Cl)Cl)cc1. The molecule has 116 valence electrons. The highest BCUT2D eigenvalue weighted by molar-refractivity contribution is 6.68. The second-order valence-electron chi connectivity index (χ2n) is 4.84. The molecular weight excluding hydrogens is 364 g/mol. The molecule has 22 heavy (non-hydrogen) atoms. The predicted molar refractivity (Wildman–Crippen MR) is 93.1 cm³/mol. The Kier molecular flexibility index (Phi) is 5.62. The van der Waals surface area contributed by atoms with Crippen molar-refractivity contribution >= 4 is 52.3 Å². The monoisotopic (exact) mass is 375 g/mol. The van der Waals surface area contributed by atoms with Crippen molar-refractivity contribution in [2.24, 2.45) is 0 Å². The fourth-order valence-electron chi connectivity index (χ4n) is 1.97. The molecule has 1 amide bonds. The van der Waals surface area contributed by atoms with E-state index >= 15 is 0 Å². The fraction of sp³-hybridized carbons (Fsp3) is 0.188. The third-order valence-corrected chi connectivity index (χ3v) is 4.12. The maximum Gasteiger partial charge on any atom is 0.253 e. The van der Waals surface area contributed by atoms with Crippen LogP contribution in [0.5, 0.6) is 0 Å². The second-order valence-corrected chi connectivity index (χ2v) is 7.61. The van der Waals surface area contributed by atoms with Gasteiger partial charge in [0, 0.05) is 0 Å². The molecule has 0 saturated carbocycles. The lowest BCUT2D eigenvalue weighted by Crippen LogP contribution is -2.36. The molecule has 1 atom stereocenters. The molecule has 2 aromatic rings. The first-order valence-corrected chi connectivity index (χ1v) is 7.99. The number of hydrogen-bond donors (Lipinski definition) is 1. The summed E-state index contributed by atoms with van der Waals surface area (Å²) in [6.07, 6.45) is 0. The molecule has 2 aromatic carbocycles. The summed E-state index contributed by atoms with van der Waals surface area (Å²) in [5, 5.41) is 3.07. The minimum absolute atomic E-state index is 0.329. The molecule has 0 aliphatic heterocycles. The smallest absolute Gasteiger partial charge is 0.253 e. The number of halogens is 4. The van der Waals surface area contributed by atoms with Crippen LogP contribution < -0.4 is 5.32 Å². The zero-order valence-electron chi connectivity index (χ0n) is 11.6. The van der Waals surface area contributed by atoms with Crippen molar-refractivity contribution in [3.05, 3.63) is 70.2 Å². The van der Waals surface area contributed by atoms with Gasteiger partial charge in [0.05, 0.1) is 10.6 Å². The van der Waals surface area contributed by atoms with Gasteiger partial charge in [-0.3, -0.25) is 4.79 Å². The summed E-state index contributed by atoms with van der Waals surface area (Å²) in [5.74, 6) is -0.400. The number of rotatable bonds is 3. The Bertz CT molecular complexity index is 665. The Labute approximate surface area is 149 Å². The molecule has 0 fully saturated rings. The van der Waals surface area contributed by atoms with Crippen LogP contribution in [0.4, 0.5) is 0 Å². The fourth-order valence-corrected chi connectivity index (χ4v) is 2.73. The summed E-state index contributed by atoms with van der Waals surface area (Å²) < 4.78 is -1.69. The van der Waals surface area contributed by atoms with E-state index in [1.807, 2.05) is 31.2 Å². The van der Waals surface area contributed by atoms with E-state index < -0.39 is 15.7 Å². The molecule has 0 aliphatic carbocycles. The molecule has 1 unspecified atom stereocenters. The maximum absolute atomic E-state index is 12.4. The minimum Gasteiger partial charge on any atom is -0.341 e. The number of carbonyl (C=O) groups excluding carboxylic acids is 1. The lowest BCUT2D eigenvalue weighted by atomic mass is 10.1. The number of carbonyl (C=O) groups is 1. The van der Waals surface area contributed by atoms with Gasteiger partial charge in [0.2, 0.25) is 3.79 Å². The molecule has 0 radical (unpaired) electrons. The predicted octanol–water partition coefficient (Wildman–Crippen LogP) is 5.49. The summed E-state index contributed by atoms with van der Waals surface area (Å²) in [5.41, 5.74) is 2.10. The first-order chi connectivity index (χ1) is 10.3. The van der Waals surface area contributed by atoms with Crippen LogP contribution in [-0.4, -0.2) is 9.70 Å². The van der Waals surface area contributed by atoms with Crippen molar-refractivity contribution in [1.29, 1.82) is 0 Å². The topological polar surface area (TPSA) is 29.1 Å². The van der Waals surface area contributed by atoms with Crippen LogP contribution in [0.2, 0.25) is 5.02 Å². The molecule has 0 aliphatic rings. The van der Waals surface area contributed by atoms with Gasteiger partial charge in [-0.2, -0.15) is 0 Å². The average Bonchev–Trinajstić information content (AvgIpc) is 2.45. The van der Waals surface area contributed by atoms with Crippen LogP contribution >= 0.6 is 46.4 Å². The highest BCUT2D eigenvalue weighted by Gasteiger charge is 2.35. The number of nitrogens with one attached hydrogen (secondary N) is 1. The van der Waals surface area contributed by atoms with Crippen molar-refractivity contribution < 1.29 is 4.79 Å². The Balaban J connectivity index is 2.30. The van der Waals surface area contributed by atoms with Crippen LogP contribution in [0.15, 0.2) is 48.5 Å². The van der Waals surface area contributed by atoms with Gasteiger partial charge in [-0.25, -0.2) is 0 Å². The molecule has 6 heteroatoms. The van der Waals surface area contributed by atoms with Crippen LogP contribution in [0.25, 0.3) is 0 Å². The van der Waals surface area contributed by atoms with Crippen molar-refractivity contribution in [2.45, 2.75) is 16.8 Å². The van der Waals surface area contributed by atoms with Gasteiger partial charge in [-0.15, -0.1) is 0 Å². The molecule has 0 aromatic heterocycles. The Hall–Kier alpha value is -0.930. The Morgan fingerprint density at radius 1 is 1.05 bits per heavy atom. The Morgan fingerprint density at radius 2 is 1.64 bits per heavy atom. The van der Waals surface area contributed by atoms with Gasteiger partial charge in [0.25, 0.3) is 5.91 Å². The average molecular weight is 377 g/mol. The van der Waals surface area contributed by atoms with E-state index in [4.69, 9.17) is 46.4 Å². The lowest BCUT2D eigenvalue weighted by Gasteiger charge is -2.26. The zero-order chi connectivity index (χ0) is 16.3. The number of hydrogen-bond acceptors (Lipinski definition) is 1. The first-order valence-electron chi connectivity index (χ1n) is 6.47. The lowest BCUT2D eigenvalue weighted by molar-refractivity contribution is 0.0937. The van der Waals surface area contributed by atoms with E-state index in [0.29, 0.717) is 16.1 Å². The number of amides is 1. The van der Waals surface area contributed by atoms with Gasteiger partial charge < -0.3 is 5.32 Å². The summed E-state index contributed by atoms with van der Waals surface area (Å²) in [4.78, 5) is 12.4. The van der Waals surface area contributed by atoms with E-state index in [2.05, 4.69) is 5.32 Å². The molecular formula is C16H13Cl4NO. The van der Waals surface area contributed by atoms with Gasteiger partial charge >= 0.3 is 0 Å². The van der Waals surface area contributed by atoms with E-state index in [9.17, 15) is 4.79 Å². The van der Waals surface area contributed by atoms with Crippen LogP contribution in [0.1, 0.15) is 27.5 Å². The number of benzene rings is 2. The van der Waals surface area contributed by atoms with E-state index in [1.54, 1.807) is 24.3 Å². The normalized spacial score (nSPS) is 12.8. The van der Waals surface area contributed by atoms with Gasteiger partial charge in [0.1, 0.15) is 6.04 Å². The first kappa shape index (κ1) is 17.4. The Morgan fingerprint density at radius 3 is 2.18 bits per heavy atom.